The Morgan fingerprint density at radius 1 is 1.17 bits per heavy atom. The molecular weight excluding hydrogens is 244 g/mol. The number of benzene rings is 1. The smallest absolute Gasteiger partial charge is 0.231 e. The third-order valence-corrected chi connectivity index (χ3v) is 3.45. The Kier molecular flexibility index (Phi) is 2.94. The van der Waals surface area contributed by atoms with Gasteiger partial charge < -0.3 is 4.52 Å². The monoisotopic (exact) mass is 256 g/mol. The van der Waals surface area contributed by atoms with Gasteiger partial charge in [-0.15, -0.1) is 0 Å². The Labute approximate surface area is 109 Å². The summed E-state index contributed by atoms with van der Waals surface area (Å²) in [5.74, 6) is 1.31. The molecule has 2 aromatic heterocycles. The van der Waals surface area contributed by atoms with Crippen molar-refractivity contribution >= 4 is 11.3 Å². The van der Waals surface area contributed by atoms with Crippen LogP contribution in [-0.4, -0.2) is 10.1 Å². The van der Waals surface area contributed by atoms with Crippen LogP contribution >= 0.6 is 11.3 Å². The van der Waals surface area contributed by atoms with Gasteiger partial charge in [0.25, 0.3) is 0 Å². The van der Waals surface area contributed by atoms with Crippen molar-refractivity contribution in [3.63, 3.8) is 0 Å². The van der Waals surface area contributed by atoms with Crippen molar-refractivity contribution in [3.05, 3.63) is 58.1 Å². The molecule has 1 aromatic carbocycles. The average Bonchev–Trinajstić information content (AvgIpc) is 3.02. The molecule has 90 valence electrons. The largest absolute Gasteiger partial charge is 0.339 e. The Morgan fingerprint density at radius 2 is 2.00 bits per heavy atom. The Bertz CT molecular complexity index is 626. The molecule has 0 spiro atoms. The molecule has 0 fully saturated rings. The molecule has 18 heavy (non-hydrogen) atoms. The molecule has 0 unspecified atom stereocenters. The van der Waals surface area contributed by atoms with Crippen molar-refractivity contribution in [2.45, 2.75) is 13.3 Å². The molecule has 4 heteroatoms. The lowest BCUT2D eigenvalue weighted by Gasteiger charge is -1.94. The van der Waals surface area contributed by atoms with E-state index in [0.29, 0.717) is 18.1 Å². The normalized spacial score (nSPS) is 10.7. The minimum absolute atomic E-state index is 0.653. The van der Waals surface area contributed by atoms with E-state index in [2.05, 4.69) is 28.5 Å². The first-order chi connectivity index (χ1) is 8.81. The van der Waals surface area contributed by atoms with Gasteiger partial charge in [0.2, 0.25) is 11.7 Å². The SMILES string of the molecule is Cc1ccc(-c2noc(Cc3ccsc3)n2)cc1. The van der Waals surface area contributed by atoms with Crippen LogP contribution < -0.4 is 0 Å². The van der Waals surface area contributed by atoms with Crippen molar-refractivity contribution < 1.29 is 4.52 Å². The van der Waals surface area contributed by atoms with Crippen LogP contribution in [0.1, 0.15) is 17.0 Å². The number of thiophene rings is 1. The van der Waals surface area contributed by atoms with E-state index >= 15 is 0 Å². The summed E-state index contributed by atoms with van der Waals surface area (Å²) >= 11 is 1.67. The van der Waals surface area contributed by atoms with E-state index < -0.39 is 0 Å². The third-order valence-electron chi connectivity index (χ3n) is 2.71. The molecule has 0 N–H and O–H groups in total. The average molecular weight is 256 g/mol. The second-order valence-electron chi connectivity index (χ2n) is 4.19. The minimum atomic E-state index is 0.653. The van der Waals surface area contributed by atoms with Crippen LogP contribution in [0.5, 0.6) is 0 Å². The van der Waals surface area contributed by atoms with Gasteiger partial charge in [-0.25, -0.2) is 0 Å². The highest BCUT2D eigenvalue weighted by atomic mass is 32.1. The number of hydrogen-bond donors (Lipinski definition) is 0. The first-order valence-corrected chi connectivity index (χ1v) is 6.66. The predicted molar refractivity (Wildman–Crippen MR) is 71.6 cm³/mol. The van der Waals surface area contributed by atoms with Gasteiger partial charge in [0.1, 0.15) is 0 Å². The van der Waals surface area contributed by atoms with Gasteiger partial charge in [-0.05, 0) is 29.3 Å². The fraction of sp³-hybridized carbons (Fsp3) is 0.143. The van der Waals surface area contributed by atoms with Gasteiger partial charge >= 0.3 is 0 Å². The second-order valence-corrected chi connectivity index (χ2v) is 4.97. The van der Waals surface area contributed by atoms with Crippen molar-refractivity contribution in [2.75, 3.05) is 0 Å². The van der Waals surface area contributed by atoms with Crippen LogP contribution in [0, 0.1) is 6.92 Å². The van der Waals surface area contributed by atoms with Gasteiger partial charge in [0.15, 0.2) is 0 Å². The van der Waals surface area contributed by atoms with Crippen LogP contribution in [0.3, 0.4) is 0 Å². The molecule has 0 radical (unpaired) electrons. The fourth-order valence-corrected chi connectivity index (χ4v) is 2.38. The minimum Gasteiger partial charge on any atom is -0.339 e. The van der Waals surface area contributed by atoms with Crippen molar-refractivity contribution in [1.82, 2.24) is 10.1 Å². The Morgan fingerprint density at radius 3 is 2.72 bits per heavy atom. The zero-order chi connectivity index (χ0) is 12.4. The van der Waals surface area contributed by atoms with Crippen LogP contribution in [0.2, 0.25) is 0 Å². The van der Waals surface area contributed by atoms with E-state index in [1.807, 2.05) is 29.6 Å². The third kappa shape index (κ3) is 2.33. The number of hydrogen-bond acceptors (Lipinski definition) is 4. The van der Waals surface area contributed by atoms with E-state index in [4.69, 9.17) is 4.52 Å². The van der Waals surface area contributed by atoms with Crippen molar-refractivity contribution in [1.29, 1.82) is 0 Å². The molecule has 3 rings (SSSR count). The highest BCUT2D eigenvalue weighted by Crippen LogP contribution is 2.18. The molecule has 0 aliphatic rings. The summed E-state index contributed by atoms with van der Waals surface area (Å²) in [7, 11) is 0. The van der Waals surface area contributed by atoms with Crippen LogP contribution in [-0.2, 0) is 6.42 Å². The molecule has 3 aromatic rings. The van der Waals surface area contributed by atoms with Gasteiger partial charge in [0.05, 0.1) is 6.42 Å². The maximum Gasteiger partial charge on any atom is 0.231 e. The lowest BCUT2D eigenvalue weighted by atomic mass is 10.1. The van der Waals surface area contributed by atoms with Crippen LogP contribution in [0.15, 0.2) is 45.6 Å². The summed E-state index contributed by atoms with van der Waals surface area (Å²) in [6, 6.07) is 10.2. The summed E-state index contributed by atoms with van der Waals surface area (Å²) in [5.41, 5.74) is 3.42. The first-order valence-electron chi connectivity index (χ1n) is 5.72. The number of aromatic nitrogens is 2. The van der Waals surface area contributed by atoms with E-state index in [9.17, 15) is 0 Å². The molecule has 0 aliphatic carbocycles. The van der Waals surface area contributed by atoms with Gasteiger partial charge in [0, 0.05) is 5.56 Å². The standard InChI is InChI=1S/C14H12N2OS/c1-10-2-4-12(5-3-10)14-15-13(17-16-14)8-11-6-7-18-9-11/h2-7,9H,8H2,1H3. The summed E-state index contributed by atoms with van der Waals surface area (Å²) in [6.07, 6.45) is 0.697. The summed E-state index contributed by atoms with van der Waals surface area (Å²) in [6.45, 7) is 2.06. The quantitative estimate of drug-likeness (QED) is 0.717. The molecule has 0 saturated heterocycles. The molecular formula is C14H12N2OS. The van der Waals surface area contributed by atoms with Crippen molar-refractivity contribution in [2.24, 2.45) is 0 Å². The zero-order valence-electron chi connectivity index (χ0n) is 9.96. The second kappa shape index (κ2) is 4.74. The lowest BCUT2D eigenvalue weighted by molar-refractivity contribution is 0.386. The van der Waals surface area contributed by atoms with E-state index in [0.717, 1.165) is 5.56 Å². The number of nitrogens with zero attached hydrogens (tertiary/aromatic N) is 2. The van der Waals surface area contributed by atoms with Crippen LogP contribution in [0.4, 0.5) is 0 Å². The van der Waals surface area contributed by atoms with Gasteiger partial charge in [-0.2, -0.15) is 16.3 Å². The predicted octanol–water partition coefficient (Wildman–Crippen LogP) is 3.70. The molecule has 0 atom stereocenters. The maximum atomic E-state index is 5.27. The maximum absolute atomic E-state index is 5.27. The van der Waals surface area contributed by atoms with Gasteiger partial charge in [-0.1, -0.05) is 35.0 Å². The molecule has 0 bridgehead atoms. The molecule has 0 aliphatic heterocycles. The number of rotatable bonds is 3. The molecule has 3 nitrogen and oxygen atoms in total. The Balaban J connectivity index is 1.83. The molecule has 0 amide bonds. The van der Waals surface area contributed by atoms with Crippen LogP contribution in [0.25, 0.3) is 11.4 Å². The van der Waals surface area contributed by atoms with E-state index in [1.54, 1.807) is 11.3 Å². The van der Waals surface area contributed by atoms with Gasteiger partial charge in [-0.3, -0.25) is 0 Å². The first kappa shape index (κ1) is 11.2. The fourth-order valence-electron chi connectivity index (χ4n) is 1.71. The highest BCUT2D eigenvalue weighted by molar-refractivity contribution is 7.07. The van der Waals surface area contributed by atoms with E-state index in [1.165, 1.54) is 11.1 Å². The zero-order valence-corrected chi connectivity index (χ0v) is 10.8. The molecule has 0 saturated carbocycles. The lowest BCUT2D eigenvalue weighted by Crippen LogP contribution is -1.86. The summed E-state index contributed by atoms with van der Waals surface area (Å²) in [5, 5.41) is 8.16. The van der Waals surface area contributed by atoms with E-state index in [-0.39, 0.29) is 0 Å². The summed E-state index contributed by atoms with van der Waals surface area (Å²) < 4.78 is 5.27. The Hall–Kier alpha value is -1.94. The summed E-state index contributed by atoms with van der Waals surface area (Å²) in [4.78, 5) is 4.41. The highest BCUT2D eigenvalue weighted by Gasteiger charge is 2.09. The molecule has 2 heterocycles. The number of aryl methyl sites for hydroxylation is 1. The van der Waals surface area contributed by atoms with Crippen molar-refractivity contribution in [3.8, 4) is 11.4 Å². The topological polar surface area (TPSA) is 38.9 Å².